The highest BCUT2D eigenvalue weighted by molar-refractivity contribution is 5.69. The summed E-state index contributed by atoms with van der Waals surface area (Å²) in [6.45, 7) is 19.0. The van der Waals surface area contributed by atoms with Gasteiger partial charge in [-0.1, -0.05) is 164 Å². The molecule has 0 heterocycles. The van der Waals surface area contributed by atoms with Crippen molar-refractivity contribution in [1.29, 1.82) is 0 Å². The zero-order valence-electron chi connectivity index (χ0n) is 38.6. The first kappa shape index (κ1) is 55.1. The minimum atomic E-state index is -0.650. The molecule has 0 aromatic carbocycles. The lowest BCUT2D eigenvalue weighted by molar-refractivity contribution is -0.145. The molecule has 0 aliphatic rings. The van der Waals surface area contributed by atoms with Crippen molar-refractivity contribution < 1.29 is 33.3 Å². The van der Waals surface area contributed by atoms with Gasteiger partial charge in [-0.25, -0.2) is 4.79 Å². The fraction of sp³-hybridized carbons (Fsp3) is 0.938. The summed E-state index contributed by atoms with van der Waals surface area (Å²) in [5.41, 5.74) is 0. The Bertz CT molecular complexity index is 900. The number of carbonyl (C=O) groups excluding carboxylic acids is 3. The number of unbranched alkanes of at least 4 members (excludes halogenated alkanes) is 17. The van der Waals surface area contributed by atoms with Crippen LogP contribution in [0.25, 0.3) is 0 Å². The molecule has 0 radical (unpaired) electrons. The Morgan fingerprint density at radius 2 is 0.842 bits per heavy atom. The van der Waals surface area contributed by atoms with Crippen LogP contribution in [-0.4, -0.2) is 93.1 Å². The van der Waals surface area contributed by atoms with Gasteiger partial charge in [0.15, 0.2) is 0 Å². The highest BCUT2D eigenvalue weighted by atomic mass is 16.7. The van der Waals surface area contributed by atoms with Crippen molar-refractivity contribution in [2.75, 3.05) is 59.1 Å². The molecular formula is C48H94N2O7. The predicted octanol–water partition coefficient (Wildman–Crippen LogP) is 12.9. The third kappa shape index (κ3) is 36.9. The van der Waals surface area contributed by atoms with Gasteiger partial charge >= 0.3 is 18.1 Å². The van der Waals surface area contributed by atoms with Gasteiger partial charge in [0.25, 0.3) is 0 Å². The molecule has 0 aliphatic carbocycles. The lowest BCUT2D eigenvalue weighted by atomic mass is 9.95. The summed E-state index contributed by atoms with van der Waals surface area (Å²) >= 11 is 0. The van der Waals surface area contributed by atoms with Crippen molar-refractivity contribution in [1.82, 2.24) is 9.80 Å². The average molecular weight is 811 g/mol. The van der Waals surface area contributed by atoms with Crippen LogP contribution in [0.4, 0.5) is 4.79 Å². The van der Waals surface area contributed by atoms with Crippen molar-refractivity contribution in [2.24, 2.45) is 5.92 Å². The number of hydrogen-bond donors (Lipinski definition) is 0. The van der Waals surface area contributed by atoms with E-state index in [1.807, 2.05) is 0 Å². The van der Waals surface area contributed by atoms with Gasteiger partial charge in [0.1, 0.15) is 19.3 Å². The number of likely N-dealkylation sites (N-methyl/N-ethyl adjacent to an activating group) is 1. The summed E-state index contributed by atoms with van der Waals surface area (Å²) < 4.78 is 22.9. The Hall–Kier alpha value is -1.87. The Kier molecular flexibility index (Phi) is 40.9. The van der Waals surface area contributed by atoms with E-state index in [9.17, 15) is 14.4 Å². The van der Waals surface area contributed by atoms with Gasteiger partial charge in [0.2, 0.25) is 0 Å². The summed E-state index contributed by atoms with van der Waals surface area (Å²) in [7, 11) is 0. The molecule has 9 heteroatoms. The Morgan fingerprint density at radius 1 is 0.421 bits per heavy atom. The van der Waals surface area contributed by atoms with Gasteiger partial charge in [0.05, 0.1) is 6.61 Å². The van der Waals surface area contributed by atoms with Crippen molar-refractivity contribution in [3.05, 3.63) is 0 Å². The molecule has 9 nitrogen and oxygen atoms in total. The zero-order valence-corrected chi connectivity index (χ0v) is 38.6. The molecule has 0 rings (SSSR count). The lowest BCUT2D eigenvalue weighted by Crippen LogP contribution is -2.39. The fourth-order valence-electron chi connectivity index (χ4n) is 7.38. The Balaban J connectivity index is 4.88. The SMILES string of the molecule is CCCCCCCCCC(=O)OCCN(CCOC(=O)OC(CCCCCC)CCCC(=O)OCC(CCCCCC)CCCCCCCC)CCN(CC)CC. The number of esters is 2. The molecule has 0 spiro atoms. The van der Waals surface area contributed by atoms with Crippen LogP contribution in [0.1, 0.15) is 221 Å². The van der Waals surface area contributed by atoms with Crippen LogP contribution in [0.5, 0.6) is 0 Å². The minimum absolute atomic E-state index is 0.129. The van der Waals surface area contributed by atoms with E-state index in [1.54, 1.807) is 0 Å². The van der Waals surface area contributed by atoms with Crippen molar-refractivity contribution in [2.45, 2.75) is 227 Å². The molecule has 0 saturated carbocycles. The zero-order chi connectivity index (χ0) is 42.0. The molecule has 0 N–H and O–H groups in total. The van der Waals surface area contributed by atoms with Crippen molar-refractivity contribution in [3.8, 4) is 0 Å². The van der Waals surface area contributed by atoms with Gasteiger partial charge in [-0.2, -0.15) is 0 Å². The van der Waals surface area contributed by atoms with E-state index in [2.05, 4.69) is 51.3 Å². The summed E-state index contributed by atoms with van der Waals surface area (Å²) in [6.07, 6.45) is 29.4. The van der Waals surface area contributed by atoms with Gasteiger partial charge in [-0.05, 0) is 64.0 Å². The maximum atomic E-state index is 12.9. The first-order chi connectivity index (χ1) is 27.8. The summed E-state index contributed by atoms with van der Waals surface area (Å²) in [5, 5.41) is 0. The number of ether oxygens (including phenoxy) is 4. The second-order valence-electron chi connectivity index (χ2n) is 16.5. The largest absolute Gasteiger partial charge is 0.508 e. The second-order valence-corrected chi connectivity index (χ2v) is 16.5. The smallest absolute Gasteiger partial charge is 0.465 e. The quantitative estimate of drug-likeness (QED) is 0.0339. The standard InChI is InChI=1S/C48H94N2O7/c1-7-13-17-21-23-25-29-35-46(51)54-41-39-50(38-37-49(11-5)12-6)40-42-55-48(53)57-45(33-28-20-16-10-4)34-30-36-47(52)56-43-44(31-26-19-15-9-3)32-27-24-22-18-14-8-2/h44-45H,7-43H2,1-6H3. The van der Waals surface area contributed by atoms with E-state index in [4.69, 9.17) is 18.9 Å². The van der Waals surface area contributed by atoms with Gasteiger partial charge in [-0.15, -0.1) is 0 Å². The number of nitrogens with zero attached hydrogens (tertiary/aromatic N) is 2. The van der Waals surface area contributed by atoms with E-state index < -0.39 is 6.16 Å². The van der Waals surface area contributed by atoms with Gasteiger partial charge in [0, 0.05) is 39.0 Å². The molecule has 2 atom stereocenters. The van der Waals surface area contributed by atoms with Crippen molar-refractivity contribution >= 4 is 18.1 Å². The highest BCUT2D eigenvalue weighted by Crippen LogP contribution is 2.21. The Labute approximate surface area is 352 Å². The second kappa shape index (κ2) is 42.3. The van der Waals surface area contributed by atoms with E-state index in [0.717, 1.165) is 84.0 Å². The summed E-state index contributed by atoms with van der Waals surface area (Å²) in [6, 6.07) is 0. The molecule has 2 unspecified atom stereocenters. The first-order valence-corrected chi connectivity index (χ1v) is 24.4. The Morgan fingerprint density at radius 3 is 1.40 bits per heavy atom. The summed E-state index contributed by atoms with van der Waals surface area (Å²) in [5.74, 6) is 0.178. The maximum absolute atomic E-state index is 12.9. The molecular weight excluding hydrogens is 717 g/mol. The topological polar surface area (TPSA) is 94.6 Å². The molecule has 0 fully saturated rings. The predicted molar refractivity (Wildman–Crippen MR) is 238 cm³/mol. The third-order valence-electron chi connectivity index (χ3n) is 11.4. The number of rotatable bonds is 43. The highest BCUT2D eigenvalue weighted by Gasteiger charge is 2.19. The monoisotopic (exact) mass is 811 g/mol. The molecule has 0 amide bonds. The van der Waals surface area contributed by atoms with E-state index in [-0.39, 0.29) is 24.6 Å². The molecule has 0 saturated heterocycles. The van der Waals surface area contributed by atoms with Crippen LogP contribution >= 0.6 is 0 Å². The average Bonchev–Trinajstić information content (AvgIpc) is 3.20. The third-order valence-corrected chi connectivity index (χ3v) is 11.4. The van der Waals surface area contributed by atoms with Crippen LogP contribution in [0.15, 0.2) is 0 Å². The van der Waals surface area contributed by atoms with Crippen LogP contribution in [0.2, 0.25) is 0 Å². The fourth-order valence-corrected chi connectivity index (χ4v) is 7.38. The molecule has 0 aromatic rings. The number of carbonyl (C=O) groups is 3. The summed E-state index contributed by atoms with van der Waals surface area (Å²) in [4.78, 5) is 42.7. The normalized spacial score (nSPS) is 12.6. The first-order valence-electron chi connectivity index (χ1n) is 24.4. The molecule has 0 aliphatic heterocycles. The van der Waals surface area contributed by atoms with Crippen LogP contribution in [-0.2, 0) is 28.5 Å². The molecule has 0 aromatic heterocycles. The molecule has 0 bridgehead atoms. The van der Waals surface area contributed by atoms with Crippen LogP contribution in [0, 0.1) is 5.92 Å². The molecule has 338 valence electrons. The van der Waals surface area contributed by atoms with Crippen LogP contribution < -0.4 is 0 Å². The van der Waals surface area contributed by atoms with E-state index in [0.29, 0.717) is 57.9 Å². The maximum Gasteiger partial charge on any atom is 0.508 e. The molecule has 57 heavy (non-hydrogen) atoms. The van der Waals surface area contributed by atoms with Gasteiger partial charge in [-0.3, -0.25) is 14.5 Å². The van der Waals surface area contributed by atoms with Crippen molar-refractivity contribution in [3.63, 3.8) is 0 Å². The van der Waals surface area contributed by atoms with Crippen LogP contribution in [0.3, 0.4) is 0 Å². The van der Waals surface area contributed by atoms with Gasteiger partial charge < -0.3 is 23.8 Å². The van der Waals surface area contributed by atoms with E-state index in [1.165, 1.54) is 96.3 Å². The van der Waals surface area contributed by atoms with E-state index >= 15 is 0 Å². The number of hydrogen-bond acceptors (Lipinski definition) is 9. The lowest BCUT2D eigenvalue weighted by Gasteiger charge is -2.26. The minimum Gasteiger partial charge on any atom is -0.465 e.